The van der Waals surface area contributed by atoms with Crippen LogP contribution in [0.4, 0.5) is 5.13 Å². The molecular weight excluding hydrogens is 286 g/mol. The predicted octanol–water partition coefficient (Wildman–Crippen LogP) is 1.22. The number of nitrogen functional groups attached to an aromatic ring is 1. The molecule has 19 heavy (non-hydrogen) atoms. The first-order chi connectivity index (χ1) is 8.86. The highest BCUT2D eigenvalue weighted by Crippen LogP contribution is 2.31. The number of morpholine rings is 1. The quantitative estimate of drug-likeness (QED) is 0.907. The van der Waals surface area contributed by atoms with E-state index in [1.807, 2.05) is 13.8 Å². The molecule has 1 aromatic heterocycles. The summed E-state index contributed by atoms with van der Waals surface area (Å²) in [6, 6.07) is -0.121. The highest BCUT2D eigenvalue weighted by Gasteiger charge is 2.37. The van der Waals surface area contributed by atoms with E-state index in [1.54, 1.807) is 6.92 Å². The zero-order valence-corrected chi connectivity index (χ0v) is 12.9. The molecule has 108 valence electrons. The summed E-state index contributed by atoms with van der Waals surface area (Å²) in [6.07, 6.45) is 0.627. The zero-order valence-electron chi connectivity index (χ0n) is 11.3. The summed E-state index contributed by atoms with van der Waals surface area (Å²) in [4.78, 5) is 4.00. The third-order valence-electron chi connectivity index (χ3n) is 3.20. The fourth-order valence-corrected chi connectivity index (χ4v) is 5.35. The molecule has 8 heteroatoms. The molecule has 1 aliphatic rings. The van der Waals surface area contributed by atoms with Crippen molar-refractivity contribution in [2.75, 3.05) is 18.9 Å². The van der Waals surface area contributed by atoms with Gasteiger partial charge in [0.05, 0.1) is 18.4 Å². The first-order valence-electron chi connectivity index (χ1n) is 6.22. The highest BCUT2D eigenvalue weighted by molar-refractivity contribution is 7.91. The number of ether oxygens (including phenoxy) is 1. The van der Waals surface area contributed by atoms with Crippen LogP contribution in [0.5, 0.6) is 0 Å². The summed E-state index contributed by atoms with van der Waals surface area (Å²) in [6.45, 7) is 6.32. The molecule has 2 unspecified atom stereocenters. The maximum absolute atomic E-state index is 12.7. The van der Waals surface area contributed by atoms with Crippen LogP contribution in [0.25, 0.3) is 0 Å². The monoisotopic (exact) mass is 305 g/mol. The van der Waals surface area contributed by atoms with Crippen LogP contribution in [0.3, 0.4) is 0 Å². The number of thiazole rings is 1. The Morgan fingerprint density at radius 1 is 1.58 bits per heavy atom. The van der Waals surface area contributed by atoms with Crippen LogP contribution < -0.4 is 5.73 Å². The van der Waals surface area contributed by atoms with Gasteiger partial charge in [0.15, 0.2) is 9.34 Å². The number of hydrogen-bond acceptors (Lipinski definition) is 6. The van der Waals surface area contributed by atoms with Gasteiger partial charge in [0.2, 0.25) is 0 Å². The number of nitrogens with zero attached hydrogens (tertiary/aromatic N) is 2. The molecule has 1 aromatic rings. The Bertz CT molecular complexity index is 556. The first kappa shape index (κ1) is 14.7. The van der Waals surface area contributed by atoms with Crippen LogP contribution in [0.2, 0.25) is 0 Å². The minimum atomic E-state index is -3.54. The van der Waals surface area contributed by atoms with E-state index in [2.05, 4.69) is 4.98 Å². The van der Waals surface area contributed by atoms with Crippen molar-refractivity contribution in [1.82, 2.24) is 9.29 Å². The standard InChI is InChI=1S/C11H19N3O3S2/c1-4-9-6-17-7(2)5-14(9)19(15,16)10-8(3)13-11(12)18-10/h7,9H,4-6H2,1-3H3,(H2,12,13). The molecule has 0 amide bonds. The van der Waals surface area contributed by atoms with Gasteiger partial charge in [-0.05, 0) is 20.3 Å². The average Bonchev–Trinajstić information content (AvgIpc) is 2.69. The Kier molecular flexibility index (Phi) is 4.14. The predicted molar refractivity (Wildman–Crippen MR) is 74.6 cm³/mol. The van der Waals surface area contributed by atoms with E-state index in [0.29, 0.717) is 18.8 Å². The molecule has 0 aromatic carbocycles. The molecule has 0 bridgehead atoms. The molecule has 6 nitrogen and oxygen atoms in total. The first-order valence-corrected chi connectivity index (χ1v) is 8.48. The van der Waals surface area contributed by atoms with Crippen molar-refractivity contribution in [3.8, 4) is 0 Å². The van der Waals surface area contributed by atoms with Crippen LogP contribution in [0, 0.1) is 6.92 Å². The minimum absolute atomic E-state index is 0.0943. The minimum Gasteiger partial charge on any atom is -0.375 e. The van der Waals surface area contributed by atoms with Crippen LogP contribution in [-0.4, -0.2) is 43.0 Å². The van der Waals surface area contributed by atoms with E-state index in [4.69, 9.17) is 10.5 Å². The molecule has 0 spiro atoms. The van der Waals surface area contributed by atoms with Crippen molar-refractivity contribution in [3.63, 3.8) is 0 Å². The average molecular weight is 305 g/mol. The largest absolute Gasteiger partial charge is 0.375 e. The van der Waals surface area contributed by atoms with Gasteiger partial charge in [0.25, 0.3) is 10.0 Å². The number of aromatic nitrogens is 1. The lowest BCUT2D eigenvalue weighted by Crippen LogP contribution is -2.51. The number of rotatable bonds is 3. The van der Waals surface area contributed by atoms with E-state index in [-0.39, 0.29) is 21.5 Å². The third-order valence-corrected chi connectivity index (χ3v) is 6.69. The Morgan fingerprint density at radius 2 is 2.26 bits per heavy atom. The lowest BCUT2D eigenvalue weighted by molar-refractivity contribution is -0.0229. The van der Waals surface area contributed by atoms with Gasteiger partial charge in [-0.15, -0.1) is 0 Å². The molecule has 2 rings (SSSR count). The fraction of sp³-hybridized carbons (Fsp3) is 0.727. The summed E-state index contributed by atoms with van der Waals surface area (Å²) in [5.74, 6) is 0. The second-order valence-electron chi connectivity index (χ2n) is 4.71. The maximum atomic E-state index is 12.7. The molecule has 0 radical (unpaired) electrons. The van der Waals surface area contributed by atoms with Gasteiger partial charge < -0.3 is 10.5 Å². The lowest BCUT2D eigenvalue weighted by atomic mass is 10.2. The van der Waals surface area contributed by atoms with Crippen LogP contribution in [0.15, 0.2) is 4.21 Å². The third kappa shape index (κ3) is 2.76. The van der Waals surface area contributed by atoms with E-state index in [1.165, 1.54) is 4.31 Å². The SMILES string of the molecule is CCC1COC(C)CN1S(=O)(=O)c1sc(N)nc1C. The van der Waals surface area contributed by atoms with Crippen LogP contribution >= 0.6 is 11.3 Å². The number of aryl methyl sites for hydroxylation is 1. The van der Waals surface area contributed by atoms with E-state index < -0.39 is 10.0 Å². The molecular formula is C11H19N3O3S2. The van der Waals surface area contributed by atoms with Gasteiger partial charge >= 0.3 is 0 Å². The number of sulfonamides is 1. The molecule has 2 heterocycles. The normalized spacial score (nSPS) is 25.6. The molecule has 1 fully saturated rings. The summed E-state index contributed by atoms with van der Waals surface area (Å²) in [5.41, 5.74) is 6.07. The van der Waals surface area contributed by atoms with Crippen molar-refractivity contribution in [2.24, 2.45) is 0 Å². The van der Waals surface area contributed by atoms with Gasteiger partial charge in [-0.1, -0.05) is 18.3 Å². The van der Waals surface area contributed by atoms with Gasteiger partial charge in [-0.2, -0.15) is 4.31 Å². The number of nitrogens with two attached hydrogens (primary N) is 1. The van der Waals surface area contributed by atoms with Crippen molar-refractivity contribution in [3.05, 3.63) is 5.69 Å². The second-order valence-corrected chi connectivity index (χ2v) is 7.82. The topological polar surface area (TPSA) is 85.5 Å². The highest BCUT2D eigenvalue weighted by atomic mass is 32.2. The van der Waals surface area contributed by atoms with Crippen LogP contribution in [-0.2, 0) is 14.8 Å². The number of hydrogen-bond donors (Lipinski definition) is 1. The van der Waals surface area contributed by atoms with E-state index >= 15 is 0 Å². The summed E-state index contributed by atoms with van der Waals surface area (Å²) in [5, 5.41) is 0.283. The second kappa shape index (κ2) is 5.35. The molecule has 2 N–H and O–H groups in total. The number of anilines is 1. The maximum Gasteiger partial charge on any atom is 0.254 e. The van der Waals surface area contributed by atoms with Gasteiger partial charge in [-0.3, -0.25) is 0 Å². The van der Waals surface area contributed by atoms with Crippen molar-refractivity contribution in [2.45, 2.75) is 43.5 Å². The zero-order chi connectivity index (χ0) is 14.2. The van der Waals surface area contributed by atoms with Crippen molar-refractivity contribution in [1.29, 1.82) is 0 Å². The Morgan fingerprint density at radius 3 is 2.79 bits per heavy atom. The Hall–Kier alpha value is -0.700. The molecule has 1 saturated heterocycles. The summed E-state index contributed by atoms with van der Waals surface area (Å²) < 4.78 is 32.8. The van der Waals surface area contributed by atoms with Gasteiger partial charge in [0.1, 0.15) is 0 Å². The smallest absolute Gasteiger partial charge is 0.254 e. The van der Waals surface area contributed by atoms with E-state index in [0.717, 1.165) is 17.8 Å². The van der Waals surface area contributed by atoms with E-state index in [9.17, 15) is 8.42 Å². The fourth-order valence-electron chi connectivity index (χ4n) is 2.18. The molecule has 0 aliphatic carbocycles. The van der Waals surface area contributed by atoms with Crippen molar-refractivity contribution >= 4 is 26.5 Å². The molecule has 1 aliphatic heterocycles. The summed E-state index contributed by atoms with van der Waals surface area (Å²) in [7, 11) is -3.54. The Balaban J connectivity index is 2.39. The molecule has 0 saturated carbocycles. The Labute approximate surface area is 117 Å². The van der Waals surface area contributed by atoms with Crippen LogP contribution in [0.1, 0.15) is 26.0 Å². The summed E-state index contributed by atoms with van der Waals surface area (Å²) >= 11 is 1.02. The molecule has 2 atom stereocenters. The van der Waals surface area contributed by atoms with Crippen molar-refractivity contribution < 1.29 is 13.2 Å². The lowest BCUT2D eigenvalue weighted by Gasteiger charge is -2.36. The van der Waals surface area contributed by atoms with Gasteiger partial charge in [-0.25, -0.2) is 13.4 Å². The van der Waals surface area contributed by atoms with Gasteiger partial charge in [0, 0.05) is 12.6 Å².